The highest BCUT2D eigenvalue weighted by molar-refractivity contribution is 7.99. The summed E-state index contributed by atoms with van der Waals surface area (Å²) in [7, 11) is 0. The van der Waals surface area contributed by atoms with Gasteiger partial charge in [0.05, 0.1) is 5.75 Å². The molecule has 2 atom stereocenters. The highest BCUT2D eigenvalue weighted by Gasteiger charge is 2.37. The van der Waals surface area contributed by atoms with E-state index in [1.165, 1.54) is 4.88 Å². The summed E-state index contributed by atoms with van der Waals surface area (Å²) in [5, 5.41) is 2.07. The molecule has 126 valence electrons. The molecule has 0 radical (unpaired) electrons. The lowest BCUT2D eigenvalue weighted by molar-refractivity contribution is -0.131. The first-order valence-corrected chi connectivity index (χ1v) is 10.5. The van der Waals surface area contributed by atoms with Crippen molar-refractivity contribution in [1.82, 2.24) is 9.47 Å². The molecule has 4 heterocycles. The second-order valence-corrected chi connectivity index (χ2v) is 8.40. The van der Waals surface area contributed by atoms with Crippen molar-refractivity contribution in [3.63, 3.8) is 0 Å². The molecule has 2 aliphatic rings. The largest absolute Gasteiger partial charge is 0.341 e. The fourth-order valence-electron chi connectivity index (χ4n) is 4.07. The van der Waals surface area contributed by atoms with Crippen molar-refractivity contribution in [2.45, 2.75) is 18.9 Å². The number of amides is 1. The van der Waals surface area contributed by atoms with E-state index in [0.717, 1.165) is 37.3 Å². The Hall–Kier alpha value is -1.53. The van der Waals surface area contributed by atoms with E-state index in [4.69, 9.17) is 0 Å². The van der Waals surface area contributed by atoms with Gasteiger partial charge in [-0.3, -0.25) is 9.59 Å². The highest BCUT2D eigenvalue weighted by Crippen LogP contribution is 2.40. The van der Waals surface area contributed by atoms with E-state index in [2.05, 4.69) is 11.4 Å². The maximum absolute atomic E-state index is 12.4. The van der Waals surface area contributed by atoms with Crippen LogP contribution in [0.2, 0.25) is 0 Å². The number of hydrogen-bond acceptors (Lipinski definition) is 4. The van der Waals surface area contributed by atoms with E-state index in [9.17, 15) is 9.59 Å². The number of piperidine rings is 1. The van der Waals surface area contributed by atoms with Crippen molar-refractivity contribution in [1.29, 1.82) is 0 Å². The first kappa shape index (κ1) is 16.0. The number of carbonyl (C=O) groups is 1. The molecule has 4 rings (SSSR count). The molecule has 0 saturated carbocycles. The van der Waals surface area contributed by atoms with Gasteiger partial charge in [0.2, 0.25) is 5.91 Å². The summed E-state index contributed by atoms with van der Waals surface area (Å²) >= 11 is 3.28. The molecular formula is C18H20N2O2S2. The van der Waals surface area contributed by atoms with Gasteiger partial charge in [0.1, 0.15) is 0 Å². The minimum Gasteiger partial charge on any atom is -0.341 e. The lowest BCUT2D eigenvalue weighted by atomic mass is 9.81. The molecule has 1 amide bonds. The molecule has 0 spiro atoms. The van der Waals surface area contributed by atoms with Crippen LogP contribution >= 0.6 is 23.1 Å². The maximum Gasteiger partial charge on any atom is 0.250 e. The number of thioether (sulfide) groups is 1. The molecule has 0 N–H and O–H groups in total. The molecule has 2 aliphatic heterocycles. The Labute approximate surface area is 149 Å². The zero-order valence-electron chi connectivity index (χ0n) is 13.6. The Morgan fingerprint density at radius 1 is 1.29 bits per heavy atom. The standard InChI is InChI=1S/C18H20N2O2S2/c1-23-11-17(22)19-8-12-7-13(10-19)18-14(15-3-2-6-24-15)4-5-16(21)20(18)9-12/h2-6,12-13H,7-11H2,1H3/t12-,13+/m0/s1. The van der Waals surface area contributed by atoms with Crippen LogP contribution in [0, 0.1) is 5.92 Å². The van der Waals surface area contributed by atoms with Gasteiger partial charge in [-0.1, -0.05) is 6.07 Å². The minimum absolute atomic E-state index is 0.0869. The first-order chi connectivity index (χ1) is 11.7. The topological polar surface area (TPSA) is 42.3 Å². The monoisotopic (exact) mass is 360 g/mol. The lowest BCUT2D eigenvalue weighted by Crippen LogP contribution is -2.49. The molecule has 2 aromatic heterocycles. The highest BCUT2D eigenvalue weighted by atomic mass is 32.2. The van der Waals surface area contributed by atoms with Crippen LogP contribution in [0.1, 0.15) is 18.0 Å². The van der Waals surface area contributed by atoms with Crippen LogP contribution in [0.3, 0.4) is 0 Å². The van der Waals surface area contributed by atoms with Gasteiger partial charge in [0, 0.05) is 47.8 Å². The third kappa shape index (κ3) is 2.71. The zero-order chi connectivity index (χ0) is 16.7. The van der Waals surface area contributed by atoms with Crippen LogP contribution in [-0.4, -0.2) is 40.5 Å². The number of hydrogen-bond donors (Lipinski definition) is 0. The molecule has 2 aromatic rings. The normalized spacial score (nSPS) is 22.3. The van der Waals surface area contributed by atoms with Gasteiger partial charge in [-0.2, -0.15) is 11.8 Å². The molecule has 6 heteroatoms. The van der Waals surface area contributed by atoms with Gasteiger partial charge in [-0.05, 0) is 36.1 Å². The van der Waals surface area contributed by atoms with Gasteiger partial charge in [0.25, 0.3) is 5.56 Å². The summed E-state index contributed by atoms with van der Waals surface area (Å²) in [6, 6.07) is 7.80. The summed E-state index contributed by atoms with van der Waals surface area (Å²) < 4.78 is 1.96. The summed E-state index contributed by atoms with van der Waals surface area (Å²) in [4.78, 5) is 28.0. The summed E-state index contributed by atoms with van der Waals surface area (Å²) in [5.41, 5.74) is 2.37. The van der Waals surface area contributed by atoms with E-state index in [0.29, 0.717) is 11.7 Å². The van der Waals surface area contributed by atoms with Crippen LogP contribution in [0.5, 0.6) is 0 Å². The Morgan fingerprint density at radius 2 is 2.17 bits per heavy atom. The number of nitrogens with zero attached hydrogens (tertiary/aromatic N) is 2. The summed E-state index contributed by atoms with van der Waals surface area (Å²) in [6.07, 6.45) is 3.04. The quantitative estimate of drug-likeness (QED) is 0.845. The van der Waals surface area contributed by atoms with Crippen molar-refractivity contribution in [2.24, 2.45) is 5.92 Å². The number of rotatable bonds is 3. The average molecular weight is 361 g/mol. The summed E-state index contributed by atoms with van der Waals surface area (Å²) in [5.74, 6) is 1.41. The second kappa shape index (κ2) is 6.41. The van der Waals surface area contributed by atoms with Gasteiger partial charge in [0.15, 0.2) is 0 Å². The SMILES string of the molecule is CSCC(=O)N1C[C@@H]2C[C@H](C1)c1c(-c3cccs3)ccc(=O)n1C2. The molecule has 0 unspecified atom stereocenters. The van der Waals surface area contributed by atoms with Gasteiger partial charge < -0.3 is 9.47 Å². The Balaban J connectivity index is 1.76. The van der Waals surface area contributed by atoms with E-state index in [-0.39, 0.29) is 17.4 Å². The van der Waals surface area contributed by atoms with Crippen LogP contribution < -0.4 is 5.56 Å². The van der Waals surface area contributed by atoms with Crippen LogP contribution in [0.15, 0.2) is 34.4 Å². The van der Waals surface area contributed by atoms with Crippen molar-refractivity contribution < 1.29 is 4.79 Å². The van der Waals surface area contributed by atoms with Crippen LogP contribution in [0.4, 0.5) is 0 Å². The van der Waals surface area contributed by atoms with E-state index >= 15 is 0 Å². The predicted molar refractivity (Wildman–Crippen MR) is 99.8 cm³/mol. The molecule has 24 heavy (non-hydrogen) atoms. The van der Waals surface area contributed by atoms with E-state index < -0.39 is 0 Å². The molecule has 0 aliphatic carbocycles. The van der Waals surface area contributed by atoms with Gasteiger partial charge >= 0.3 is 0 Å². The minimum atomic E-state index is 0.0869. The van der Waals surface area contributed by atoms with Crippen molar-refractivity contribution in [3.05, 3.63) is 45.7 Å². The summed E-state index contributed by atoms with van der Waals surface area (Å²) in [6.45, 7) is 2.25. The van der Waals surface area contributed by atoms with Gasteiger partial charge in [-0.25, -0.2) is 0 Å². The molecular weight excluding hydrogens is 340 g/mol. The van der Waals surface area contributed by atoms with E-state index in [1.807, 2.05) is 27.9 Å². The third-order valence-corrected chi connectivity index (χ3v) is 6.44. The molecule has 0 aromatic carbocycles. The number of carbonyl (C=O) groups excluding carboxylic acids is 1. The molecule has 1 fully saturated rings. The Bertz CT molecular complexity index is 813. The number of fused-ring (bicyclic) bond motifs is 4. The second-order valence-electron chi connectivity index (χ2n) is 6.59. The fourth-order valence-corrected chi connectivity index (χ4v) is 5.26. The van der Waals surface area contributed by atoms with Crippen molar-refractivity contribution in [2.75, 3.05) is 25.1 Å². The van der Waals surface area contributed by atoms with Crippen molar-refractivity contribution in [3.8, 4) is 10.4 Å². The van der Waals surface area contributed by atoms with Crippen LogP contribution in [-0.2, 0) is 11.3 Å². The third-order valence-electron chi connectivity index (χ3n) is 5.00. The lowest BCUT2D eigenvalue weighted by Gasteiger charge is -2.43. The molecule has 4 nitrogen and oxygen atoms in total. The van der Waals surface area contributed by atoms with Crippen molar-refractivity contribution >= 4 is 29.0 Å². The number of aromatic nitrogens is 1. The number of thiophene rings is 1. The first-order valence-electron chi connectivity index (χ1n) is 8.21. The van der Waals surface area contributed by atoms with Gasteiger partial charge in [-0.15, -0.1) is 11.3 Å². The molecule has 2 bridgehead atoms. The Kier molecular flexibility index (Phi) is 4.26. The zero-order valence-corrected chi connectivity index (χ0v) is 15.2. The maximum atomic E-state index is 12.4. The fraction of sp³-hybridized carbons (Fsp3) is 0.444. The Morgan fingerprint density at radius 3 is 2.92 bits per heavy atom. The van der Waals surface area contributed by atoms with Crippen LogP contribution in [0.25, 0.3) is 10.4 Å². The number of pyridine rings is 1. The smallest absolute Gasteiger partial charge is 0.250 e. The predicted octanol–water partition coefficient (Wildman–Crippen LogP) is 2.89. The average Bonchev–Trinajstić information content (AvgIpc) is 3.10. The van der Waals surface area contributed by atoms with E-state index in [1.54, 1.807) is 29.2 Å². The number of likely N-dealkylation sites (tertiary alicyclic amines) is 1. The molecule has 1 saturated heterocycles.